The number of hydrogen-bond donors (Lipinski definition) is 0. The van der Waals surface area contributed by atoms with Crippen LogP contribution in [-0.2, 0) is 5.41 Å². The van der Waals surface area contributed by atoms with Crippen LogP contribution in [0.5, 0.6) is 0 Å². The minimum Gasteiger partial charge on any atom is -0.456 e. The largest absolute Gasteiger partial charge is 0.456 e. The highest BCUT2D eigenvalue weighted by atomic mass is 16.3. The van der Waals surface area contributed by atoms with E-state index in [0.717, 1.165) is 21.9 Å². The molecule has 1 aliphatic rings. The van der Waals surface area contributed by atoms with E-state index in [-0.39, 0.29) is 5.41 Å². The lowest BCUT2D eigenvalue weighted by Gasteiger charge is -2.22. The molecule has 0 radical (unpaired) electrons. The first-order valence-corrected chi connectivity index (χ1v) is 16.8. The zero-order valence-electron chi connectivity index (χ0n) is 26.9. The van der Waals surface area contributed by atoms with E-state index >= 15 is 0 Å². The second kappa shape index (κ2) is 10.0. The van der Waals surface area contributed by atoms with Gasteiger partial charge in [-0.05, 0) is 108 Å². The maximum Gasteiger partial charge on any atom is 0.135 e. The van der Waals surface area contributed by atoms with Crippen LogP contribution in [0, 0.1) is 0 Å². The van der Waals surface area contributed by atoms with Gasteiger partial charge in [0.15, 0.2) is 0 Å². The Labute approximate surface area is 279 Å². The van der Waals surface area contributed by atoms with Gasteiger partial charge in [-0.3, -0.25) is 0 Å². The first-order chi connectivity index (χ1) is 23.6. The number of benzene rings is 8. The van der Waals surface area contributed by atoms with E-state index in [9.17, 15) is 0 Å². The summed E-state index contributed by atoms with van der Waals surface area (Å²) >= 11 is 0. The Hall–Kier alpha value is -5.92. The minimum absolute atomic E-state index is 0.0329. The normalized spacial score (nSPS) is 13.4. The Morgan fingerprint density at radius 2 is 0.917 bits per heavy atom. The molecule has 1 nitrogen and oxygen atoms in total. The molecule has 0 saturated heterocycles. The predicted octanol–water partition coefficient (Wildman–Crippen LogP) is 13.2. The van der Waals surface area contributed by atoms with Gasteiger partial charge in [0.05, 0.1) is 0 Å². The van der Waals surface area contributed by atoms with Gasteiger partial charge >= 0.3 is 0 Å². The summed E-state index contributed by atoms with van der Waals surface area (Å²) in [6, 6.07) is 57.8. The van der Waals surface area contributed by atoms with Gasteiger partial charge in [0.25, 0.3) is 0 Å². The number of fused-ring (bicyclic) bond motifs is 8. The van der Waals surface area contributed by atoms with Crippen molar-refractivity contribution in [2.45, 2.75) is 19.3 Å². The molecule has 10 rings (SSSR count). The third-order valence-electron chi connectivity index (χ3n) is 10.7. The first-order valence-electron chi connectivity index (χ1n) is 16.8. The van der Waals surface area contributed by atoms with Crippen LogP contribution < -0.4 is 0 Å². The van der Waals surface area contributed by atoms with Crippen molar-refractivity contribution in [1.82, 2.24) is 0 Å². The van der Waals surface area contributed by atoms with E-state index in [1.807, 2.05) is 6.07 Å². The van der Waals surface area contributed by atoms with Crippen molar-refractivity contribution in [3.8, 4) is 44.5 Å². The molecule has 0 aliphatic heterocycles. The van der Waals surface area contributed by atoms with Gasteiger partial charge in [0.2, 0.25) is 0 Å². The SMILES string of the molecule is CC1(C)c2ccccc2-c2cc(-c3c4ccccc4c(-c4ccc5oc6ccccc6c5c4)c4ccc(-c5ccccc5)cc34)ccc21. The third-order valence-corrected chi connectivity index (χ3v) is 10.7. The summed E-state index contributed by atoms with van der Waals surface area (Å²) in [5.74, 6) is 0. The first kappa shape index (κ1) is 27.2. The smallest absolute Gasteiger partial charge is 0.135 e. The molecule has 0 amide bonds. The Morgan fingerprint density at radius 3 is 1.75 bits per heavy atom. The molecule has 48 heavy (non-hydrogen) atoms. The standard InChI is InChI=1S/C47H32O/c1-47(2)41-18-10-8-14-33(41)38-27-31(21-24-42(38)47)46-36-17-7-6-16-35(36)45(37-23-20-30(26-40(37)46)29-12-4-3-5-13-29)32-22-25-44-39(28-32)34-15-9-11-19-43(34)48-44/h3-28H,1-2H3. The van der Waals surface area contributed by atoms with Crippen molar-refractivity contribution in [1.29, 1.82) is 0 Å². The molecule has 226 valence electrons. The maximum absolute atomic E-state index is 6.24. The lowest BCUT2D eigenvalue weighted by Crippen LogP contribution is -2.14. The van der Waals surface area contributed by atoms with Crippen molar-refractivity contribution in [2.24, 2.45) is 0 Å². The van der Waals surface area contributed by atoms with E-state index in [4.69, 9.17) is 4.42 Å². The summed E-state index contributed by atoms with van der Waals surface area (Å²) < 4.78 is 6.24. The summed E-state index contributed by atoms with van der Waals surface area (Å²) in [5.41, 5.74) is 14.7. The van der Waals surface area contributed by atoms with Crippen LogP contribution in [0.25, 0.3) is 88.0 Å². The van der Waals surface area contributed by atoms with Crippen molar-refractivity contribution in [2.75, 3.05) is 0 Å². The van der Waals surface area contributed by atoms with Gasteiger partial charge in [-0.25, -0.2) is 0 Å². The Balaban J connectivity index is 1.31. The quantitative estimate of drug-likeness (QED) is 0.181. The van der Waals surface area contributed by atoms with Gasteiger partial charge in [-0.1, -0.05) is 141 Å². The Bertz CT molecular complexity index is 2740. The molecule has 1 heterocycles. The molecular weight excluding hydrogens is 581 g/mol. The Morgan fingerprint density at radius 1 is 0.354 bits per heavy atom. The number of rotatable bonds is 3. The summed E-state index contributed by atoms with van der Waals surface area (Å²) in [4.78, 5) is 0. The van der Waals surface area contributed by atoms with E-state index in [1.165, 1.54) is 77.2 Å². The molecule has 0 atom stereocenters. The molecule has 0 bridgehead atoms. The summed E-state index contributed by atoms with van der Waals surface area (Å²) in [7, 11) is 0. The zero-order valence-corrected chi connectivity index (χ0v) is 26.9. The highest BCUT2D eigenvalue weighted by Gasteiger charge is 2.35. The average molecular weight is 613 g/mol. The average Bonchev–Trinajstić information content (AvgIpc) is 3.62. The monoisotopic (exact) mass is 612 g/mol. The van der Waals surface area contributed by atoms with E-state index in [0.29, 0.717) is 0 Å². The maximum atomic E-state index is 6.24. The molecule has 1 aliphatic carbocycles. The summed E-state index contributed by atoms with van der Waals surface area (Å²) in [6.45, 7) is 4.70. The van der Waals surface area contributed by atoms with Crippen molar-refractivity contribution >= 4 is 43.5 Å². The third kappa shape index (κ3) is 3.85. The van der Waals surface area contributed by atoms with Crippen molar-refractivity contribution in [3.05, 3.63) is 169 Å². The van der Waals surface area contributed by atoms with E-state index in [1.54, 1.807) is 0 Å². The number of para-hydroxylation sites is 1. The van der Waals surface area contributed by atoms with E-state index < -0.39 is 0 Å². The molecule has 1 aromatic heterocycles. The zero-order chi connectivity index (χ0) is 32.0. The van der Waals surface area contributed by atoms with Crippen LogP contribution in [0.15, 0.2) is 162 Å². The number of hydrogen-bond acceptors (Lipinski definition) is 1. The van der Waals surface area contributed by atoms with Crippen molar-refractivity contribution < 1.29 is 4.42 Å². The molecule has 0 unspecified atom stereocenters. The van der Waals surface area contributed by atoms with Gasteiger partial charge in [0, 0.05) is 16.2 Å². The van der Waals surface area contributed by atoms with E-state index in [2.05, 4.69) is 166 Å². The van der Waals surface area contributed by atoms with Crippen LogP contribution in [-0.4, -0.2) is 0 Å². The molecule has 0 spiro atoms. The highest BCUT2D eigenvalue weighted by molar-refractivity contribution is 6.23. The summed E-state index contributed by atoms with van der Waals surface area (Å²) in [5, 5.41) is 7.30. The molecular formula is C47H32O. The van der Waals surface area contributed by atoms with Gasteiger partial charge in [0.1, 0.15) is 11.2 Å². The van der Waals surface area contributed by atoms with Crippen LogP contribution in [0.3, 0.4) is 0 Å². The molecule has 1 heteroatoms. The molecule has 8 aromatic carbocycles. The van der Waals surface area contributed by atoms with Gasteiger partial charge in [-0.15, -0.1) is 0 Å². The lowest BCUT2D eigenvalue weighted by atomic mass is 9.81. The Kier molecular flexibility index (Phi) is 5.69. The molecule has 0 fully saturated rings. The van der Waals surface area contributed by atoms with Gasteiger partial charge < -0.3 is 4.42 Å². The fourth-order valence-electron chi connectivity index (χ4n) is 8.37. The van der Waals surface area contributed by atoms with Crippen molar-refractivity contribution in [3.63, 3.8) is 0 Å². The highest BCUT2D eigenvalue weighted by Crippen LogP contribution is 2.51. The molecule has 9 aromatic rings. The second-order valence-electron chi connectivity index (χ2n) is 13.7. The number of furan rings is 1. The fourth-order valence-corrected chi connectivity index (χ4v) is 8.37. The van der Waals surface area contributed by atoms with Gasteiger partial charge in [-0.2, -0.15) is 0 Å². The second-order valence-corrected chi connectivity index (χ2v) is 13.7. The lowest BCUT2D eigenvalue weighted by molar-refractivity contribution is 0.660. The van der Waals surface area contributed by atoms with Crippen LogP contribution in [0.2, 0.25) is 0 Å². The van der Waals surface area contributed by atoms with Crippen LogP contribution >= 0.6 is 0 Å². The predicted molar refractivity (Wildman–Crippen MR) is 203 cm³/mol. The van der Waals surface area contributed by atoms with Crippen LogP contribution in [0.4, 0.5) is 0 Å². The fraction of sp³-hybridized carbons (Fsp3) is 0.0638. The minimum atomic E-state index is -0.0329. The topological polar surface area (TPSA) is 13.1 Å². The summed E-state index contributed by atoms with van der Waals surface area (Å²) in [6.07, 6.45) is 0. The van der Waals surface area contributed by atoms with Crippen LogP contribution in [0.1, 0.15) is 25.0 Å². The molecule has 0 saturated carbocycles. The molecule has 0 N–H and O–H groups in total.